The summed E-state index contributed by atoms with van der Waals surface area (Å²) >= 11 is 0. The Morgan fingerprint density at radius 2 is 1.88 bits per heavy atom. The Hall–Kier alpha value is -4.27. The zero-order chi connectivity index (χ0) is 23.9. The summed E-state index contributed by atoms with van der Waals surface area (Å²) in [5, 5.41) is 7.28. The molecule has 4 aromatic rings. The van der Waals surface area contributed by atoms with Crippen LogP contribution in [-0.4, -0.2) is 27.1 Å². The van der Waals surface area contributed by atoms with Crippen LogP contribution in [0.4, 0.5) is 14.5 Å². The predicted molar refractivity (Wildman–Crippen MR) is 120 cm³/mol. The van der Waals surface area contributed by atoms with Crippen LogP contribution in [-0.2, 0) is 17.9 Å². The molecule has 0 spiro atoms. The minimum atomic E-state index is -1.40. The van der Waals surface area contributed by atoms with Crippen molar-refractivity contribution >= 4 is 17.5 Å². The van der Waals surface area contributed by atoms with Gasteiger partial charge in [0.15, 0.2) is 5.76 Å². The van der Waals surface area contributed by atoms with Crippen molar-refractivity contribution < 1.29 is 22.8 Å². The normalized spacial score (nSPS) is 17.5. The van der Waals surface area contributed by atoms with E-state index in [0.717, 1.165) is 0 Å². The molecule has 0 bridgehead atoms. The van der Waals surface area contributed by atoms with Gasteiger partial charge in [0.2, 0.25) is 5.91 Å². The number of carbonyl (C=O) groups excluding carboxylic acids is 2. The maximum atomic E-state index is 13.6. The van der Waals surface area contributed by atoms with Gasteiger partial charge in [0.1, 0.15) is 28.6 Å². The molecule has 2 amide bonds. The lowest BCUT2D eigenvalue weighted by molar-refractivity contribution is -0.126. The number of aromatic nitrogens is 2. The number of nitrogens with one attached hydrogen (secondary N) is 1. The number of carbonyl (C=O) groups is 2. The minimum Gasteiger partial charge on any atom is -0.463 e. The topological polar surface area (TPSA) is 80.4 Å². The molecule has 9 heteroatoms. The smallest absolute Gasteiger partial charge is 0.277 e. The first-order chi connectivity index (χ1) is 16.3. The number of rotatable bonds is 5. The third kappa shape index (κ3) is 3.75. The van der Waals surface area contributed by atoms with Crippen LogP contribution in [0.25, 0.3) is 11.5 Å². The van der Waals surface area contributed by atoms with Crippen LogP contribution in [0, 0.1) is 11.6 Å². The van der Waals surface area contributed by atoms with E-state index in [1.165, 1.54) is 52.2 Å². The summed E-state index contributed by atoms with van der Waals surface area (Å²) < 4.78 is 34.0. The Morgan fingerprint density at radius 1 is 1.09 bits per heavy atom. The molecule has 0 fully saturated rings. The summed E-state index contributed by atoms with van der Waals surface area (Å²) in [6.45, 7) is 1.73. The summed E-state index contributed by atoms with van der Waals surface area (Å²) in [6.07, 6.45) is 1.50. The third-order valence-corrected chi connectivity index (χ3v) is 5.84. The summed E-state index contributed by atoms with van der Waals surface area (Å²) in [7, 11) is 0. The molecule has 0 radical (unpaired) electrons. The fraction of sp³-hybridized carbons (Fsp3) is 0.160. The molecule has 7 nitrogen and oxygen atoms in total. The van der Waals surface area contributed by atoms with Gasteiger partial charge in [-0.25, -0.2) is 8.78 Å². The number of furan rings is 1. The molecule has 0 saturated carbocycles. The zero-order valence-corrected chi connectivity index (χ0v) is 18.2. The Kier molecular flexibility index (Phi) is 5.24. The first-order valence-corrected chi connectivity index (χ1v) is 10.6. The number of hydrogen-bond acceptors (Lipinski definition) is 4. The van der Waals surface area contributed by atoms with Crippen LogP contribution >= 0.6 is 0 Å². The van der Waals surface area contributed by atoms with E-state index in [1.807, 2.05) is 0 Å². The number of halogens is 2. The van der Waals surface area contributed by atoms with Crippen molar-refractivity contribution in [2.45, 2.75) is 25.6 Å². The highest BCUT2D eigenvalue weighted by Gasteiger charge is 2.49. The highest BCUT2D eigenvalue weighted by atomic mass is 19.1. The van der Waals surface area contributed by atoms with Crippen LogP contribution in [0.5, 0.6) is 0 Å². The van der Waals surface area contributed by atoms with Crippen molar-refractivity contribution in [3.63, 3.8) is 0 Å². The Bertz CT molecular complexity index is 1370. The average Bonchev–Trinajstić information content (AvgIpc) is 3.49. The molecule has 1 N–H and O–H groups in total. The molecule has 34 heavy (non-hydrogen) atoms. The van der Waals surface area contributed by atoms with E-state index in [0.29, 0.717) is 22.7 Å². The second-order valence-electron chi connectivity index (χ2n) is 8.25. The number of nitrogens with zero attached hydrogens (tertiary/aromatic N) is 3. The lowest BCUT2D eigenvalue weighted by Gasteiger charge is -2.43. The molecule has 172 valence electrons. The van der Waals surface area contributed by atoms with Crippen LogP contribution < -0.4 is 10.2 Å². The highest BCUT2D eigenvalue weighted by Crippen LogP contribution is 2.34. The molecule has 5 rings (SSSR count). The van der Waals surface area contributed by atoms with E-state index in [1.54, 1.807) is 37.3 Å². The lowest BCUT2D eigenvalue weighted by atomic mass is 9.93. The van der Waals surface area contributed by atoms with Crippen molar-refractivity contribution in [3.05, 3.63) is 95.9 Å². The number of benzene rings is 2. The van der Waals surface area contributed by atoms with Gasteiger partial charge in [0.05, 0.1) is 12.8 Å². The highest BCUT2D eigenvalue weighted by molar-refractivity contribution is 6.12. The van der Waals surface area contributed by atoms with Gasteiger partial charge < -0.3 is 9.73 Å². The second-order valence-corrected chi connectivity index (χ2v) is 8.25. The van der Waals surface area contributed by atoms with Gasteiger partial charge in [-0.2, -0.15) is 5.10 Å². The zero-order valence-electron chi connectivity index (χ0n) is 18.2. The van der Waals surface area contributed by atoms with E-state index >= 15 is 0 Å². The summed E-state index contributed by atoms with van der Waals surface area (Å²) in [5.74, 6) is -1.32. The minimum absolute atomic E-state index is 0.0428. The first-order valence-electron chi connectivity index (χ1n) is 10.6. The largest absolute Gasteiger partial charge is 0.463 e. The van der Waals surface area contributed by atoms with E-state index in [-0.39, 0.29) is 18.8 Å². The summed E-state index contributed by atoms with van der Waals surface area (Å²) in [4.78, 5) is 28.5. The van der Waals surface area contributed by atoms with Crippen LogP contribution in [0.15, 0.2) is 77.4 Å². The Morgan fingerprint density at radius 3 is 2.59 bits per heavy atom. The Labute approximate surface area is 193 Å². The van der Waals surface area contributed by atoms with Crippen molar-refractivity contribution in [1.29, 1.82) is 0 Å². The fourth-order valence-electron chi connectivity index (χ4n) is 4.14. The monoisotopic (exact) mass is 462 g/mol. The van der Waals surface area contributed by atoms with Gasteiger partial charge in [-0.05, 0) is 61.0 Å². The van der Waals surface area contributed by atoms with Gasteiger partial charge in [0, 0.05) is 18.3 Å². The maximum Gasteiger partial charge on any atom is 0.277 e. The molecule has 1 atom stereocenters. The Balaban J connectivity index is 1.53. The molecule has 3 heterocycles. The molecule has 2 aromatic carbocycles. The van der Waals surface area contributed by atoms with E-state index < -0.39 is 29.0 Å². The van der Waals surface area contributed by atoms with Gasteiger partial charge in [-0.15, -0.1) is 0 Å². The summed E-state index contributed by atoms with van der Waals surface area (Å²) in [5.41, 5.74) is 0.263. The molecule has 2 aromatic heterocycles. The molecule has 0 saturated heterocycles. The number of fused-ring (bicyclic) bond motifs is 1. The average molecular weight is 462 g/mol. The van der Waals surface area contributed by atoms with Gasteiger partial charge in [0.25, 0.3) is 5.91 Å². The van der Waals surface area contributed by atoms with Crippen molar-refractivity contribution in [1.82, 2.24) is 15.1 Å². The lowest BCUT2D eigenvalue weighted by Crippen LogP contribution is -2.64. The molecular weight excluding hydrogens is 442 g/mol. The van der Waals surface area contributed by atoms with Crippen LogP contribution in [0.1, 0.15) is 23.0 Å². The van der Waals surface area contributed by atoms with Crippen LogP contribution in [0.2, 0.25) is 0 Å². The summed E-state index contributed by atoms with van der Waals surface area (Å²) in [6, 6.07) is 16.3. The van der Waals surface area contributed by atoms with Gasteiger partial charge >= 0.3 is 0 Å². The van der Waals surface area contributed by atoms with Crippen LogP contribution in [0.3, 0.4) is 0 Å². The van der Waals surface area contributed by atoms with E-state index in [4.69, 9.17) is 4.42 Å². The SMILES string of the molecule is C[C@]1(C(=O)NCc2cccc(F)c2)Cn2nc(-c3ccco3)cc2C(=O)N1c1ccc(F)cc1. The van der Waals surface area contributed by atoms with Crippen molar-refractivity contribution in [2.24, 2.45) is 0 Å². The molecule has 1 aliphatic rings. The molecule has 1 aliphatic heterocycles. The fourth-order valence-corrected chi connectivity index (χ4v) is 4.14. The van der Waals surface area contributed by atoms with Gasteiger partial charge in [-0.3, -0.25) is 19.2 Å². The van der Waals surface area contributed by atoms with E-state index in [2.05, 4.69) is 10.4 Å². The molecule has 0 aliphatic carbocycles. The maximum absolute atomic E-state index is 13.6. The number of amides is 2. The van der Waals surface area contributed by atoms with E-state index in [9.17, 15) is 18.4 Å². The standard InChI is InChI=1S/C25H20F2N4O3/c1-25(24(33)28-14-16-4-2-5-18(27)12-16)15-30-21(13-20(29-30)22-6-3-11-34-22)23(32)31(25)19-9-7-17(26)8-10-19/h2-13H,14-15H2,1H3,(H,28,33)/t25-/m1/s1. The van der Waals surface area contributed by atoms with Gasteiger partial charge in [-0.1, -0.05) is 12.1 Å². The molecular formula is C25H20F2N4O3. The number of anilines is 1. The van der Waals surface area contributed by atoms with Crippen molar-refractivity contribution in [3.8, 4) is 11.5 Å². The second kappa shape index (κ2) is 8.26. The number of hydrogen-bond donors (Lipinski definition) is 1. The van der Waals surface area contributed by atoms with Crippen molar-refractivity contribution in [2.75, 3.05) is 4.90 Å². The predicted octanol–water partition coefficient (Wildman–Crippen LogP) is 4.16. The molecule has 0 unspecified atom stereocenters. The third-order valence-electron chi connectivity index (χ3n) is 5.84. The quantitative estimate of drug-likeness (QED) is 0.483. The first kappa shape index (κ1) is 21.6.